The number of phenols is 2. The van der Waals surface area contributed by atoms with E-state index in [-0.39, 0.29) is 11.5 Å². The van der Waals surface area contributed by atoms with Gasteiger partial charge in [-0.25, -0.2) is 0 Å². The number of methoxy groups -OCH3 is 2. The first kappa shape index (κ1) is 20.9. The van der Waals surface area contributed by atoms with Crippen LogP contribution in [0.2, 0.25) is 0 Å². The fraction of sp³-hybridized carbons (Fsp3) is 0.429. The summed E-state index contributed by atoms with van der Waals surface area (Å²) in [5, 5.41) is 39.6. The van der Waals surface area contributed by atoms with Crippen LogP contribution in [-0.2, 0) is 12.8 Å². The number of benzene rings is 2. The second-order valence-corrected chi connectivity index (χ2v) is 6.63. The van der Waals surface area contributed by atoms with E-state index in [0.717, 1.165) is 11.1 Å². The SMILES string of the molecule is COc1cc(CC[C@@H](O)C[C@@H](O)CCc2ccc(O)c(OC)c2)ccc1O. The second kappa shape index (κ2) is 10.0. The molecule has 0 unspecified atom stereocenters. The first-order valence-electron chi connectivity index (χ1n) is 9.00. The Morgan fingerprint density at radius 1 is 0.741 bits per heavy atom. The van der Waals surface area contributed by atoms with E-state index in [1.165, 1.54) is 14.2 Å². The molecule has 0 aliphatic carbocycles. The van der Waals surface area contributed by atoms with Crippen molar-refractivity contribution in [1.29, 1.82) is 0 Å². The van der Waals surface area contributed by atoms with Gasteiger partial charge >= 0.3 is 0 Å². The molecule has 0 amide bonds. The van der Waals surface area contributed by atoms with Gasteiger partial charge < -0.3 is 29.9 Å². The molecule has 0 aliphatic heterocycles. The minimum absolute atomic E-state index is 0.0862. The van der Waals surface area contributed by atoms with Crippen LogP contribution >= 0.6 is 0 Å². The van der Waals surface area contributed by atoms with Gasteiger partial charge in [-0.05, 0) is 67.5 Å². The molecule has 0 heterocycles. The summed E-state index contributed by atoms with van der Waals surface area (Å²) in [7, 11) is 2.99. The highest BCUT2D eigenvalue weighted by Crippen LogP contribution is 2.28. The molecule has 4 N–H and O–H groups in total. The smallest absolute Gasteiger partial charge is 0.160 e. The lowest BCUT2D eigenvalue weighted by atomic mass is 9.99. The predicted molar refractivity (Wildman–Crippen MR) is 103 cm³/mol. The van der Waals surface area contributed by atoms with Crippen LogP contribution in [0.25, 0.3) is 0 Å². The third-order valence-electron chi connectivity index (χ3n) is 4.56. The maximum absolute atomic E-state index is 10.2. The van der Waals surface area contributed by atoms with Crippen molar-refractivity contribution >= 4 is 0 Å². The minimum Gasteiger partial charge on any atom is -0.504 e. The van der Waals surface area contributed by atoms with Gasteiger partial charge in [0.05, 0.1) is 26.4 Å². The third kappa shape index (κ3) is 6.34. The maximum Gasteiger partial charge on any atom is 0.160 e. The Balaban J connectivity index is 1.77. The van der Waals surface area contributed by atoms with Gasteiger partial charge in [0.15, 0.2) is 23.0 Å². The number of phenolic OH excluding ortho intramolecular Hbond substituents is 2. The van der Waals surface area contributed by atoms with Crippen molar-refractivity contribution < 1.29 is 29.9 Å². The molecule has 0 saturated carbocycles. The largest absolute Gasteiger partial charge is 0.504 e. The molecule has 0 fully saturated rings. The summed E-state index contributed by atoms with van der Waals surface area (Å²) in [6.45, 7) is 0. The lowest BCUT2D eigenvalue weighted by molar-refractivity contribution is 0.0714. The topological polar surface area (TPSA) is 99.4 Å². The summed E-state index contributed by atoms with van der Waals surface area (Å²) < 4.78 is 10.2. The van der Waals surface area contributed by atoms with E-state index in [9.17, 15) is 20.4 Å². The number of aryl methyl sites for hydroxylation is 2. The molecule has 0 aromatic heterocycles. The van der Waals surface area contributed by atoms with Gasteiger partial charge in [-0.15, -0.1) is 0 Å². The highest BCUT2D eigenvalue weighted by atomic mass is 16.5. The van der Waals surface area contributed by atoms with Gasteiger partial charge in [0.25, 0.3) is 0 Å². The molecule has 148 valence electrons. The fourth-order valence-electron chi connectivity index (χ4n) is 2.97. The molecule has 2 aromatic rings. The first-order valence-corrected chi connectivity index (χ1v) is 9.00. The Bertz CT molecular complexity index is 669. The van der Waals surface area contributed by atoms with Crippen molar-refractivity contribution in [2.24, 2.45) is 0 Å². The average molecular weight is 376 g/mol. The van der Waals surface area contributed by atoms with E-state index in [0.29, 0.717) is 43.6 Å². The quantitative estimate of drug-likeness (QED) is 0.509. The highest BCUT2D eigenvalue weighted by Gasteiger charge is 2.13. The lowest BCUT2D eigenvalue weighted by Crippen LogP contribution is -2.19. The third-order valence-corrected chi connectivity index (χ3v) is 4.56. The standard InChI is InChI=1S/C21H28O6/c1-26-20-11-14(5-9-18(20)24)3-7-16(22)13-17(23)8-4-15-6-10-19(25)21(12-15)27-2/h5-6,9-12,16-17,22-25H,3-4,7-8,13H2,1-2H3/t16-,17+. The fourth-order valence-corrected chi connectivity index (χ4v) is 2.97. The van der Waals surface area contributed by atoms with Gasteiger partial charge in [-0.2, -0.15) is 0 Å². The predicted octanol–water partition coefficient (Wildman–Crippen LogP) is 2.79. The molecule has 27 heavy (non-hydrogen) atoms. The van der Waals surface area contributed by atoms with E-state index in [1.54, 1.807) is 36.4 Å². The van der Waals surface area contributed by atoms with Crippen molar-refractivity contribution in [3.63, 3.8) is 0 Å². The summed E-state index contributed by atoms with van der Waals surface area (Å²) in [5.74, 6) is 0.990. The number of hydrogen-bond acceptors (Lipinski definition) is 6. The molecule has 0 bridgehead atoms. The van der Waals surface area contributed by atoms with Crippen molar-refractivity contribution in [1.82, 2.24) is 0 Å². The first-order chi connectivity index (χ1) is 12.9. The van der Waals surface area contributed by atoms with Crippen LogP contribution in [0.4, 0.5) is 0 Å². The van der Waals surface area contributed by atoms with Crippen LogP contribution in [0.1, 0.15) is 30.4 Å². The van der Waals surface area contributed by atoms with Crippen LogP contribution in [0.15, 0.2) is 36.4 Å². The monoisotopic (exact) mass is 376 g/mol. The zero-order chi connectivity index (χ0) is 19.8. The number of aliphatic hydroxyl groups is 2. The van der Waals surface area contributed by atoms with Crippen molar-refractivity contribution in [2.75, 3.05) is 14.2 Å². The summed E-state index contributed by atoms with van der Waals surface area (Å²) in [6, 6.07) is 10.2. The summed E-state index contributed by atoms with van der Waals surface area (Å²) in [6.07, 6.45) is 1.34. The van der Waals surface area contributed by atoms with Crippen LogP contribution in [0.5, 0.6) is 23.0 Å². The number of ether oxygens (including phenoxy) is 2. The van der Waals surface area contributed by atoms with E-state index in [2.05, 4.69) is 0 Å². The van der Waals surface area contributed by atoms with E-state index in [1.807, 2.05) is 0 Å². The summed E-state index contributed by atoms with van der Waals surface area (Å²) in [4.78, 5) is 0. The molecule has 2 atom stereocenters. The number of aliphatic hydroxyl groups excluding tert-OH is 2. The molecule has 0 aliphatic rings. The van der Waals surface area contributed by atoms with Gasteiger partial charge in [-0.1, -0.05) is 12.1 Å². The molecule has 0 radical (unpaired) electrons. The van der Waals surface area contributed by atoms with Crippen LogP contribution in [0.3, 0.4) is 0 Å². The molecule has 0 spiro atoms. The molecular formula is C21H28O6. The Morgan fingerprint density at radius 3 is 1.52 bits per heavy atom. The maximum atomic E-state index is 10.2. The zero-order valence-corrected chi connectivity index (χ0v) is 15.8. The molecule has 6 heteroatoms. The molecule has 2 rings (SSSR count). The van der Waals surface area contributed by atoms with Crippen molar-refractivity contribution in [3.05, 3.63) is 47.5 Å². The highest BCUT2D eigenvalue weighted by molar-refractivity contribution is 5.42. The van der Waals surface area contributed by atoms with Gasteiger partial charge in [0.1, 0.15) is 0 Å². The second-order valence-electron chi connectivity index (χ2n) is 6.63. The van der Waals surface area contributed by atoms with E-state index < -0.39 is 12.2 Å². The molecule has 2 aromatic carbocycles. The average Bonchev–Trinajstić information content (AvgIpc) is 2.66. The number of rotatable bonds is 10. The van der Waals surface area contributed by atoms with Crippen LogP contribution in [-0.4, -0.2) is 46.9 Å². The van der Waals surface area contributed by atoms with Crippen molar-refractivity contribution in [2.45, 2.75) is 44.3 Å². The minimum atomic E-state index is -0.617. The number of aromatic hydroxyl groups is 2. The normalized spacial score (nSPS) is 13.2. The van der Waals surface area contributed by atoms with E-state index in [4.69, 9.17) is 9.47 Å². The Kier molecular flexibility index (Phi) is 7.76. The van der Waals surface area contributed by atoms with Crippen molar-refractivity contribution in [3.8, 4) is 23.0 Å². The van der Waals surface area contributed by atoms with Crippen LogP contribution in [0, 0.1) is 0 Å². The molecular weight excluding hydrogens is 348 g/mol. The molecule has 0 saturated heterocycles. The molecule has 6 nitrogen and oxygen atoms in total. The zero-order valence-electron chi connectivity index (χ0n) is 15.8. The lowest BCUT2D eigenvalue weighted by Gasteiger charge is -2.16. The summed E-state index contributed by atoms with van der Waals surface area (Å²) in [5.41, 5.74) is 1.91. The summed E-state index contributed by atoms with van der Waals surface area (Å²) >= 11 is 0. The van der Waals surface area contributed by atoms with Crippen LogP contribution < -0.4 is 9.47 Å². The van der Waals surface area contributed by atoms with Gasteiger partial charge in [-0.3, -0.25) is 0 Å². The Labute approximate surface area is 159 Å². The van der Waals surface area contributed by atoms with Gasteiger partial charge in [0.2, 0.25) is 0 Å². The Hall–Kier alpha value is -2.44. The van der Waals surface area contributed by atoms with Gasteiger partial charge in [0, 0.05) is 0 Å². The number of hydrogen-bond donors (Lipinski definition) is 4. The Morgan fingerprint density at radius 2 is 1.15 bits per heavy atom. The van der Waals surface area contributed by atoms with E-state index >= 15 is 0 Å².